The Kier molecular flexibility index (Phi) is 5.89. The Labute approximate surface area is 138 Å². The number of aryl methyl sites for hydroxylation is 3. The second kappa shape index (κ2) is 8.09. The van der Waals surface area contributed by atoms with Crippen molar-refractivity contribution in [3.63, 3.8) is 0 Å². The third-order valence-corrected chi connectivity index (χ3v) is 3.20. The molecular formula is C16H19N3O5. The number of amides is 1. The minimum Gasteiger partial charge on any atom is -0.482 e. The highest BCUT2D eigenvalue weighted by atomic mass is 16.5. The SMILES string of the molecule is Cc1noc(CCCC(=O)Nc2ccc(OCC(=O)O)cc2C)n1. The molecule has 0 aliphatic carbocycles. The summed E-state index contributed by atoms with van der Waals surface area (Å²) in [5.74, 6) is 0.390. The summed E-state index contributed by atoms with van der Waals surface area (Å²) in [6.45, 7) is 3.15. The first-order valence-corrected chi connectivity index (χ1v) is 7.48. The lowest BCUT2D eigenvalue weighted by atomic mass is 10.1. The standard InChI is InChI=1S/C16H19N3O5/c1-10-8-12(23-9-16(21)22)6-7-13(10)18-14(20)4-3-5-15-17-11(2)19-24-15/h6-8H,3-5,9H2,1-2H3,(H,18,20)(H,21,22). The highest BCUT2D eigenvalue weighted by Gasteiger charge is 2.08. The molecule has 1 aromatic heterocycles. The molecule has 0 fully saturated rings. The number of carbonyl (C=O) groups excluding carboxylic acids is 1. The maximum absolute atomic E-state index is 12.0. The van der Waals surface area contributed by atoms with Crippen LogP contribution in [-0.4, -0.2) is 33.7 Å². The minimum absolute atomic E-state index is 0.117. The first-order valence-electron chi connectivity index (χ1n) is 7.48. The Balaban J connectivity index is 1.81. The second-order valence-electron chi connectivity index (χ2n) is 5.30. The lowest BCUT2D eigenvalue weighted by molar-refractivity contribution is -0.139. The van der Waals surface area contributed by atoms with E-state index >= 15 is 0 Å². The van der Waals surface area contributed by atoms with E-state index in [1.165, 1.54) is 0 Å². The van der Waals surface area contributed by atoms with Crippen molar-refractivity contribution in [1.82, 2.24) is 10.1 Å². The molecule has 1 amide bonds. The summed E-state index contributed by atoms with van der Waals surface area (Å²) in [4.78, 5) is 26.5. The zero-order valence-electron chi connectivity index (χ0n) is 13.5. The van der Waals surface area contributed by atoms with Crippen molar-refractivity contribution in [2.24, 2.45) is 0 Å². The molecule has 0 atom stereocenters. The smallest absolute Gasteiger partial charge is 0.341 e. The molecular weight excluding hydrogens is 314 g/mol. The monoisotopic (exact) mass is 333 g/mol. The van der Waals surface area contributed by atoms with Crippen molar-refractivity contribution < 1.29 is 24.0 Å². The predicted molar refractivity (Wildman–Crippen MR) is 84.9 cm³/mol. The molecule has 0 spiro atoms. The Bertz CT molecular complexity index is 726. The summed E-state index contributed by atoms with van der Waals surface area (Å²) >= 11 is 0. The van der Waals surface area contributed by atoms with Crippen molar-refractivity contribution in [1.29, 1.82) is 0 Å². The number of carbonyl (C=O) groups is 2. The van der Waals surface area contributed by atoms with E-state index in [1.807, 2.05) is 6.92 Å². The van der Waals surface area contributed by atoms with E-state index in [9.17, 15) is 9.59 Å². The van der Waals surface area contributed by atoms with Crippen molar-refractivity contribution in [2.75, 3.05) is 11.9 Å². The topological polar surface area (TPSA) is 115 Å². The number of hydrogen-bond acceptors (Lipinski definition) is 6. The third-order valence-electron chi connectivity index (χ3n) is 3.20. The van der Waals surface area contributed by atoms with E-state index < -0.39 is 12.6 Å². The summed E-state index contributed by atoms with van der Waals surface area (Å²) in [7, 11) is 0. The van der Waals surface area contributed by atoms with Crippen LogP contribution < -0.4 is 10.1 Å². The molecule has 8 nitrogen and oxygen atoms in total. The van der Waals surface area contributed by atoms with Gasteiger partial charge in [0.25, 0.3) is 0 Å². The fraction of sp³-hybridized carbons (Fsp3) is 0.375. The number of aromatic nitrogens is 2. The van der Waals surface area contributed by atoms with Gasteiger partial charge in [-0.25, -0.2) is 4.79 Å². The lowest BCUT2D eigenvalue weighted by Crippen LogP contribution is -2.13. The van der Waals surface area contributed by atoms with Crippen LogP contribution >= 0.6 is 0 Å². The second-order valence-corrected chi connectivity index (χ2v) is 5.30. The van der Waals surface area contributed by atoms with Gasteiger partial charge in [-0.15, -0.1) is 0 Å². The summed E-state index contributed by atoms with van der Waals surface area (Å²) in [6, 6.07) is 4.98. The zero-order valence-corrected chi connectivity index (χ0v) is 13.5. The van der Waals surface area contributed by atoms with E-state index in [1.54, 1.807) is 25.1 Å². The van der Waals surface area contributed by atoms with Gasteiger partial charge in [0.05, 0.1) is 0 Å². The Hall–Kier alpha value is -2.90. The highest BCUT2D eigenvalue weighted by molar-refractivity contribution is 5.91. The van der Waals surface area contributed by atoms with Crippen molar-refractivity contribution in [2.45, 2.75) is 33.1 Å². The van der Waals surface area contributed by atoms with E-state index in [2.05, 4.69) is 15.5 Å². The normalized spacial score (nSPS) is 10.4. The first kappa shape index (κ1) is 17.5. The molecule has 24 heavy (non-hydrogen) atoms. The highest BCUT2D eigenvalue weighted by Crippen LogP contribution is 2.21. The summed E-state index contributed by atoms with van der Waals surface area (Å²) < 4.78 is 10.1. The van der Waals surface area contributed by atoms with E-state index in [4.69, 9.17) is 14.4 Å². The van der Waals surface area contributed by atoms with Gasteiger partial charge in [0.15, 0.2) is 12.4 Å². The molecule has 0 radical (unpaired) electrons. The van der Waals surface area contributed by atoms with Gasteiger partial charge in [0, 0.05) is 18.5 Å². The number of rotatable bonds is 8. The lowest BCUT2D eigenvalue weighted by Gasteiger charge is -2.10. The molecule has 0 aliphatic rings. The van der Waals surface area contributed by atoms with Gasteiger partial charge >= 0.3 is 5.97 Å². The average molecular weight is 333 g/mol. The number of carboxylic acids is 1. The average Bonchev–Trinajstić information content (AvgIpc) is 2.93. The molecule has 0 unspecified atom stereocenters. The number of aliphatic carboxylic acids is 1. The van der Waals surface area contributed by atoms with Gasteiger partial charge in [0.1, 0.15) is 5.75 Å². The fourth-order valence-corrected chi connectivity index (χ4v) is 2.07. The summed E-state index contributed by atoms with van der Waals surface area (Å²) in [5.41, 5.74) is 1.45. The first-order chi connectivity index (χ1) is 11.4. The van der Waals surface area contributed by atoms with Crippen LogP contribution in [0.1, 0.15) is 30.1 Å². The minimum atomic E-state index is -1.04. The number of ether oxygens (including phenoxy) is 1. The Morgan fingerprint density at radius 1 is 1.33 bits per heavy atom. The third kappa shape index (κ3) is 5.38. The Morgan fingerprint density at radius 2 is 2.12 bits per heavy atom. The number of benzene rings is 1. The van der Waals surface area contributed by atoms with Crippen LogP contribution in [0, 0.1) is 13.8 Å². The molecule has 0 bridgehead atoms. The molecule has 2 aromatic rings. The van der Waals surface area contributed by atoms with E-state index in [0.717, 1.165) is 5.56 Å². The van der Waals surface area contributed by atoms with Gasteiger partial charge in [0.2, 0.25) is 11.8 Å². The van der Waals surface area contributed by atoms with Crippen LogP contribution in [0.2, 0.25) is 0 Å². The molecule has 1 aromatic carbocycles. The molecule has 0 saturated carbocycles. The number of nitrogens with one attached hydrogen (secondary N) is 1. The van der Waals surface area contributed by atoms with Gasteiger partial charge < -0.3 is 19.7 Å². The van der Waals surface area contributed by atoms with Gasteiger partial charge in [-0.2, -0.15) is 4.98 Å². The Morgan fingerprint density at radius 3 is 2.75 bits per heavy atom. The molecule has 0 saturated heterocycles. The number of anilines is 1. The number of nitrogens with zero attached hydrogens (tertiary/aromatic N) is 2. The van der Waals surface area contributed by atoms with Crippen LogP contribution in [0.3, 0.4) is 0 Å². The molecule has 0 aliphatic heterocycles. The van der Waals surface area contributed by atoms with Crippen molar-refractivity contribution in [3.05, 3.63) is 35.5 Å². The predicted octanol–water partition coefficient (Wildman–Crippen LogP) is 2.11. The van der Waals surface area contributed by atoms with Crippen LogP contribution in [-0.2, 0) is 16.0 Å². The maximum atomic E-state index is 12.0. The van der Waals surface area contributed by atoms with Crippen LogP contribution in [0.15, 0.2) is 22.7 Å². The van der Waals surface area contributed by atoms with Crippen molar-refractivity contribution in [3.8, 4) is 5.75 Å². The van der Waals surface area contributed by atoms with E-state index in [0.29, 0.717) is 42.4 Å². The number of hydrogen-bond donors (Lipinski definition) is 2. The van der Waals surface area contributed by atoms with Crippen LogP contribution in [0.4, 0.5) is 5.69 Å². The summed E-state index contributed by atoms with van der Waals surface area (Å²) in [5, 5.41) is 15.1. The largest absolute Gasteiger partial charge is 0.482 e. The fourth-order valence-electron chi connectivity index (χ4n) is 2.07. The van der Waals surface area contributed by atoms with Crippen molar-refractivity contribution >= 4 is 17.6 Å². The van der Waals surface area contributed by atoms with Crippen LogP contribution in [0.25, 0.3) is 0 Å². The number of carboxylic acid groups (broad SMARTS) is 1. The zero-order chi connectivity index (χ0) is 17.5. The van der Waals surface area contributed by atoms with E-state index in [-0.39, 0.29) is 5.91 Å². The summed E-state index contributed by atoms with van der Waals surface area (Å²) in [6.07, 6.45) is 1.49. The molecule has 2 rings (SSSR count). The molecule has 8 heteroatoms. The molecule has 1 heterocycles. The van der Waals surface area contributed by atoms with Gasteiger partial charge in [-0.1, -0.05) is 5.16 Å². The van der Waals surface area contributed by atoms with Gasteiger partial charge in [-0.3, -0.25) is 4.79 Å². The maximum Gasteiger partial charge on any atom is 0.341 e. The molecule has 2 N–H and O–H groups in total. The molecule has 128 valence electrons. The van der Waals surface area contributed by atoms with Crippen LogP contribution in [0.5, 0.6) is 5.75 Å². The quantitative estimate of drug-likeness (QED) is 0.760. The van der Waals surface area contributed by atoms with Gasteiger partial charge in [-0.05, 0) is 44.0 Å².